The van der Waals surface area contributed by atoms with Gasteiger partial charge in [-0.1, -0.05) is 24.2 Å². The first kappa shape index (κ1) is 23.7. The number of hydrogen-bond donors (Lipinski definition) is 2. The van der Waals surface area contributed by atoms with E-state index in [1.54, 1.807) is 19.9 Å². The van der Waals surface area contributed by atoms with E-state index in [2.05, 4.69) is 9.89 Å². The Balaban J connectivity index is 1.76. The molecule has 2 aliphatic rings. The fourth-order valence-corrected chi connectivity index (χ4v) is 3.13. The van der Waals surface area contributed by atoms with Crippen molar-refractivity contribution in [2.24, 2.45) is 11.1 Å². The Morgan fingerprint density at radius 2 is 2.03 bits per heavy atom. The first-order chi connectivity index (χ1) is 13.7. The quantitative estimate of drug-likeness (QED) is 0.224. The van der Waals surface area contributed by atoms with Gasteiger partial charge in [0.2, 0.25) is 0 Å². The molecule has 0 amide bonds. The second-order valence-corrected chi connectivity index (χ2v) is 7.45. The summed E-state index contributed by atoms with van der Waals surface area (Å²) in [5, 5.41) is 24.4. The van der Waals surface area contributed by atoms with Crippen molar-refractivity contribution in [1.29, 1.82) is 0 Å². The fourth-order valence-electron chi connectivity index (χ4n) is 3.13. The Hall–Kier alpha value is -1.56. The van der Waals surface area contributed by atoms with Gasteiger partial charge in [0.05, 0.1) is 19.7 Å². The van der Waals surface area contributed by atoms with Crippen molar-refractivity contribution >= 4 is 12.2 Å². The van der Waals surface area contributed by atoms with E-state index in [0.717, 1.165) is 0 Å². The van der Waals surface area contributed by atoms with Gasteiger partial charge in [0, 0.05) is 13.0 Å². The predicted molar refractivity (Wildman–Crippen MR) is 101 cm³/mol. The summed E-state index contributed by atoms with van der Waals surface area (Å²) in [6, 6.07) is 0. The van der Waals surface area contributed by atoms with Crippen molar-refractivity contribution in [2.45, 2.75) is 69.8 Å². The van der Waals surface area contributed by atoms with E-state index in [-0.39, 0.29) is 24.9 Å². The summed E-state index contributed by atoms with van der Waals surface area (Å²) in [5.41, 5.74) is 0. The average molecular weight is 417 g/mol. The highest BCUT2D eigenvalue weighted by atomic mass is 16.8. The molecule has 0 spiro atoms. The monoisotopic (exact) mass is 417 g/mol. The zero-order chi connectivity index (χ0) is 21.6. The van der Waals surface area contributed by atoms with Gasteiger partial charge in [-0.15, -0.1) is 0 Å². The molecule has 29 heavy (non-hydrogen) atoms. The number of aliphatic hydroxyl groups excluding tert-OH is 2. The second kappa shape index (κ2) is 10.5. The summed E-state index contributed by atoms with van der Waals surface area (Å²) < 4.78 is 26.6. The molecule has 0 aromatic rings. The topological polar surface area (TPSA) is 125 Å². The summed E-state index contributed by atoms with van der Waals surface area (Å²) in [4.78, 5) is 16.2. The minimum absolute atomic E-state index is 0.0704. The molecule has 2 saturated heterocycles. The number of nitrogens with zero attached hydrogens (tertiary/aromatic N) is 1. The molecule has 2 N–H and O–H groups in total. The lowest BCUT2D eigenvalue weighted by atomic mass is 10.0. The zero-order valence-electron chi connectivity index (χ0n) is 17.4. The third-order valence-corrected chi connectivity index (χ3v) is 4.70. The summed E-state index contributed by atoms with van der Waals surface area (Å²) in [7, 11) is 2.86. The van der Waals surface area contributed by atoms with Gasteiger partial charge in [-0.05, 0) is 13.8 Å². The van der Waals surface area contributed by atoms with Gasteiger partial charge in [0.25, 0.3) is 0 Å². The minimum Gasteiger partial charge on any atom is -0.469 e. The SMILES string of the molecule is COC(=O)CC=C[C@@H](C)[C@@H](C=NOC[C@@H](O)[C@H]1O[C@@H]2OC(C)(C)O[C@H]2[C@@H]1O)OC. The predicted octanol–water partition coefficient (Wildman–Crippen LogP) is 0.357. The van der Waals surface area contributed by atoms with Crippen LogP contribution in [0.5, 0.6) is 0 Å². The fraction of sp³-hybridized carbons (Fsp3) is 0.789. The molecule has 2 fully saturated rings. The molecule has 0 radical (unpaired) electrons. The highest BCUT2D eigenvalue weighted by Crippen LogP contribution is 2.38. The third kappa shape index (κ3) is 6.46. The number of methoxy groups -OCH3 is 2. The molecule has 0 aromatic carbocycles. The molecule has 0 aromatic heterocycles. The molecular weight excluding hydrogens is 386 g/mol. The molecule has 10 nitrogen and oxygen atoms in total. The third-order valence-electron chi connectivity index (χ3n) is 4.70. The maximum absolute atomic E-state index is 11.1. The van der Waals surface area contributed by atoms with Crippen LogP contribution < -0.4 is 0 Å². The molecule has 10 heteroatoms. The van der Waals surface area contributed by atoms with Crippen LogP contribution in [-0.4, -0.2) is 85.8 Å². The van der Waals surface area contributed by atoms with E-state index in [9.17, 15) is 15.0 Å². The minimum atomic E-state index is -1.12. The number of rotatable bonds is 10. The number of esters is 1. The number of carbonyl (C=O) groups is 1. The van der Waals surface area contributed by atoms with E-state index < -0.39 is 42.6 Å². The number of fused-ring (bicyclic) bond motifs is 1. The zero-order valence-corrected chi connectivity index (χ0v) is 17.4. The Labute approximate surface area is 170 Å². The average Bonchev–Trinajstić information content (AvgIpc) is 3.13. The number of ether oxygens (including phenoxy) is 5. The highest BCUT2D eigenvalue weighted by molar-refractivity contribution is 5.71. The van der Waals surface area contributed by atoms with Crippen molar-refractivity contribution in [3.8, 4) is 0 Å². The number of hydrogen-bond acceptors (Lipinski definition) is 10. The molecule has 2 aliphatic heterocycles. The van der Waals surface area contributed by atoms with Crippen molar-refractivity contribution in [3.63, 3.8) is 0 Å². The summed E-state index contributed by atoms with van der Waals surface area (Å²) in [6.45, 7) is 5.15. The maximum Gasteiger partial charge on any atom is 0.309 e. The van der Waals surface area contributed by atoms with Gasteiger partial charge in [0.1, 0.15) is 37.1 Å². The molecular formula is C19H31NO9. The lowest BCUT2D eigenvalue weighted by molar-refractivity contribution is -0.228. The highest BCUT2D eigenvalue weighted by Gasteiger charge is 2.56. The lowest BCUT2D eigenvalue weighted by Crippen LogP contribution is -2.42. The Kier molecular flexibility index (Phi) is 8.56. The van der Waals surface area contributed by atoms with Gasteiger partial charge in [-0.3, -0.25) is 4.79 Å². The van der Waals surface area contributed by atoms with Gasteiger partial charge in [-0.2, -0.15) is 0 Å². The summed E-state index contributed by atoms with van der Waals surface area (Å²) >= 11 is 0. The Morgan fingerprint density at radius 3 is 2.66 bits per heavy atom. The molecule has 2 rings (SSSR count). The second-order valence-electron chi connectivity index (χ2n) is 7.45. The van der Waals surface area contributed by atoms with E-state index in [0.29, 0.717) is 0 Å². The van der Waals surface area contributed by atoms with Crippen LogP contribution in [0, 0.1) is 5.92 Å². The van der Waals surface area contributed by atoms with E-state index in [1.165, 1.54) is 20.4 Å². The van der Waals surface area contributed by atoms with Crippen LogP contribution in [0.2, 0.25) is 0 Å². The molecule has 0 unspecified atom stereocenters. The lowest BCUT2D eigenvalue weighted by Gasteiger charge is -2.25. The van der Waals surface area contributed by atoms with Crippen molar-refractivity contribution < 1.29 is 43.5 Å². The van der Waals surface area contributed by atoms with Crippen molar-refractivity contribution in [1.82, 2.24) is 0 Å². The van der Waals surface area contributed by atoms with Crippen LogP contribution in [0.25, 0.3) is 0 Å². The first-order valence-electron chi connectivity index (χ1n) is 9.47. The Bertz CT molecular complexity index is 594. The molecule has 0 saturated carbocycles. The van der Waals surface area contributed by atoms with Crippen molar-refractivity contribution in [3.05, 3.63) is 12.2 Å². The normalized spacial score (nSPS) is 31.7. The summed E-state index contributed by atoms with van der Waals surface area (Å²) in [5.74, 6) is -1.24. The molecule has 7 atom stereocenters. The number of carbonyl (C=O) groups excluding carboxylic acids is 1. The van der Waals surface area contributed by atoms with Crippen LogP contribution in [-0.2, 0) is 33.3 Å². The standard InChI is InChI=1S/C19H31NO9/c1-11(7-6-8-14(22)25-5)13(24-4)9-20-26-10-12(21)16-15(23)17-18(27-16)29-19(2,3)28-17/h6-7,9,11-13,15-18,21,23H,8,10H2,1-5H3/t11-,12-,13-,15-,16-,17+,18-/m1/s1. The van der Waals surface area contributed by atoms with Gasteiger partial charge >= 0.3 is 5.97 Å². The van der Waals surface area contributed by atoms with Crippen molar-refractivity contribution in [2.75, 3.05) is 20.8 Å². The van der Waals surface area contributed by atoms with Gasteiger partial charge < -0.3 is 38.7 Å². The number of aliphatic hydroxyl groups is 2. The molecule has 166 valence electrons. The Morgan fingerprint density at radius 1 is 1.31 bits per heavy atom. The largest absolute Gasteiger partial charge is 0.469 e. The van der Waals surface area contributed by atoms with E-state index in [4.69, 9.17) is 23.8 Å². The molecule has 0 aliphatic carbocycles. The van der Waals surface area contributed by atoms with Crippen LogP contribution in [0.1, 0.15) is 27.2 Å². The van der Waals surface area contributed by atoms with Crippen LogP contribution in [0.3, 0.4) is 0 Å². The smallest absolute Gasteiger partial charge is 0.309 e. The molecule has 0 bridgehead atoms. The van der Waals surface area contributed by atoms with Gasteiger partial charge in [-0.25, -0.2) is 0 Å². The maximum atomic E-state index is 11.1. The van der Waals surface area contributed by atoms with Crippen LogP contribution >= 0.6 is 0 Å². The van der Waals surface area contributed by atoms with E-state index >= 15 is 0 Å². The van der Waals surface area contributed by atoms with Crippen LogP contribution in [0.15, 0.2) is 17.3 Å². The van der Waals surface area contributed by atoms with E-state index in [1.807, 2.05) is 13.0 Å². The van der Waals surface area contributed by atoms with Gasteiger partial charge in [0.15, 0.2) is 12.1 Å². The number of oxime groups is 1. The summed E-state index contributed by atoms with van der Waals surface area (Å²) in [6.07, 6.45) is 0.270. The molecule has 2 heterocycles. The first-order valence-corrected chi connectivity index (χ1v) is 9.47. The van der Waals surface area contributed by atoms with Crippen LogP contribution in [0.4, 0.5) is 0 Å².